The van der Waals surface area contributed by atoms with Crippen LogP contribution in [0.15, 0.2) is 15.0 Å². The number of aryl methyl sites for hydroxylation is 1. The van der Waals surface area contributed by atoms with Gasteiger partial charge in [-0.15, -0.1) is 21.5 Å². The predicted molar refractivity (Wildman–Crippen MR) is 77.2 cm³/mol. The van der Waals surface area contributed by atoms with Crippen LogP contribution in [0.25, 0.3) is 0 Å². The standard InChI is InChI=1S/C13H12N4O2S2/c1-7-5-20-12(15-7)9(4-14)10(18)6-21-13-17-16-11(19-13)8-2-3-8/h5,8-9H,2-3,6H2,1H3/t9-/m0/s1. The number of carbonyl (C=O) groups excluding carboxylic acids is 1. The van der Waals surface area contributed by atoms with Crippen LogP contribution in [0.2, 0.25) is 0 Å². The van der Waals surface area contributed by atoms with E-state index in [1.807, 2.05) is 18.4 Å². The first kappa shape index (κ1) is 14.2. The number of ketones is 1. The van der Waals surface area contributed by atoms with Crippen LogP contribution in [0.1, 0.15) is 41.3 Å². The first-order valence-corrected chi connectivity index (χ1v) is 8.34. The van der Waals surface area contributed by atoms with Crippen molar-refractivity contribution >= 4 is 28.9 Å². The number of hydrogen-bond donors (Lipinski definition) is 0. The summed E-state index contributed by atoms with van der Waals surface area (Å²) in [6, 6.07) is 2.02. The maximum absolute atomic E-state index is 12.1. The molecule has 2 heterocycles. The maximum Gasteiger partial charge on any atom is 0.277 e. The van der Waals surface area contributed by atoms with Gasteiger partial charge in [-0.3, -0.25) is 4.79 Å². The molecule has 6 nitrogen and oxygen atoms in total. The predicted octanol–water partition coefficient (Wildman–Crippen LogP) is 2.68. The Morgan fingerprint density at radius 3 is 3.05 bits per heavy atom. The Morgan fingerprint density at radius 2 is 2.43 bits per heavy atom. The van der Waals surface area contributed by atoms with Gasteiger partial charge < -0.3 is 4.42 Å². The maximum atomic E-state index is 12.1. The molecule has 0 radical (unpaired) electrons. The number of Topliss-reactive ketones (excluding diaryl/α,β-unsaturated/α-hetero) is 1. The molecule has 0 amide bonds. The average Bonchev–Trinajstić information content (AvgIpc) is 3.07. The number of nitrogens with zero attached hydrogens (tertiary/aromatic N) is 4. The Balaban J connectivity index is 1.60. The first-order chi connectivity index (χ1) is 10.2. The van der Waals surface area contributed by atoms with Crippen molar-refractivity contribution in [2.75, 3.05) is 5.75 Å². The SMILES string of the molecule is Cc1csc([C@@H](C#N)C(=O)CSc2nnc(C3CC3)o2)n1. The average molecular weight is 320 g/mol. The molecule has 1 aliphatic rings. The Morgan fingerprint density at radius 1 is 1.62 bits per heavy atom. The summed E-state index contributed by atoms with van der Waals surface area (Å²) in [6.45, 7) is 1.84. The molecule has 1 aliphatic carbocycles. The van der Waals surface area contributed by atoms with Crippen LogP contribution >= 0.6 is 23.1 Å². The summed E-state index contributed by atoms with van der Waals surface area (Å²) in [6.07, 6.45) is 2.18. The molecule has 108 valence electrons. The van der Waals surface area contributed by atoms with Crippen LogP contribution in [0.5, 0.6) is 0 Å². The summed E-state index contributed by atoms with van der Waals surface area (Å²) in [4.78, 5) is 16.4. The largest absolute Gasteiger partial charge is 0.416 e. The zero-order valence-electron chi connectivity index (χ0n) is 11.3. The third-order valence-corrected chi connectivity index (χ3v) is 4.89. The normalized spacial score (nSPS) is 15.6. The number of hydrogen-bond acceptors (Lipinski definition) is 8. The topological polar surface area (TPSA) is 92.7 Å². The molecule has 0 spiro atoms. The first-order valence-electron chi connectivity index (χ1n) is 6.48. The quantitative estimate of drug-likeness (QED) is 0.755. The van der Waals surface area contributed by atoms with Crippen molar-refractivity contribution in [3.63, 3.8) is 0 Å². The molecule has 2 aromatic rings. The molecule has 0 aliphatic heterocycles. The number of rotatable bonds is 6. The van der Waals surface area contributed by atoms with Gasteiger partial charge in [0.25, 0.3) is 5.22 Å². The van der Waals surface area contributed by atoms with Crippen LogP contribution in [-0.4, -0.2) is 26.7 Å². The molecule has 0 aromatic carbocycles. The fraction of sp³-hybridized carbons (Fsp3) is 0.462. The highest BCUT2D eigenvalue weighted by Crippen LogP contribution is 2.39. The van der Waals surface area contributed by atoms with E-state index >= 15 is 0 Å². The van der Waals surface area contributed by atoms with Crippen LogP contribution in [0, 0.1) is 18.3 Å². The van der Waals surface area contributed by atoms with Crippen LogP contribution in [0.3, 0.4) is 0 Å². The summed E-state index contributed by atoms with van der Waals surface area (Å²) in [5.41, 5.74) is 0.821. The van der Waals surface area contributed by atoms with E-state index in [1.54, 1.807) is 0 Å². The van der Waals surface area contributed by atoms with Crippen molar-refractivity contribution in [2.45, 2.75) is 36.8 Å². The Hall–Kier alpha value is -1.72. The van der Waals surface area contributed by atoms with Gasteiger partial charge in [-0.1, -0.05) is 11.8 Å². The molecule has 21 heavy (non-hydrogen) atoms. The number of aromatic nitrogens is 3. The van der Waals surface area contributed by atoms with Crippen LogP contribution in [0.4, 0.5) is 0 Å². The van der Waals surface area contributed by atoms with E-state index in [4.69, 9.17) is 4.42 Å². The highest BCUT2D eigenvalue weighted by atomic mass is 32.2. The van der Waals surface area contributed by atoms with Gasteiger partial charge in [0.1, 0.15) is 5.01 Å². The van der Waals surface area contributed by atoms with E-state index in [1.165, 1.54) is 23.1 Å². The van der Waals surface area contributed by atoms with Gasteiger partial charge in [-0.2, -0.15) is 5.26 Å². The molecule has 0 unspecified atom stereocenters. The van der Waals surface area contributed by atoms with Crippen molar-refractivity contribution in [3.8, 4) is 6.07 Å². The van der Waals surface area contributed by atoms with Crippen molar-refractivity contribution in [1.29, 1.82) is 5.26 Å². The van der Waals surface area contributed by atoms with Crippen molar-refractivity contribution in [2.24, 2.45) is 0 Å². The van der Waals surface area contributed by atoms with E-state index in [-0.39, 0.29) is 11.5 Å². The van der Waals surface area contributed by atoms with Gasteiger partial charge in [0, 0.05) is 17.0 Å². The van der Waals surface area contributed by atoms with Crippen molar-refractivity contribution < 1.29 is 9.21 Å². The summed E-state index contributed by atoms with van der Waals surface area (Å²) in [5.74, 6) is 0.165. The third kappa shape index (κ3) is 3.31. The minimum absolute atomic E-state index is 0.128. The minimum Gasteiger partial charge on any atom is -0.416 e. The molecule has 0 bridgehead atoms. The summed E-state index contributed by atoms with van der Waals surface area (Å²) in [7, 11) is 0. The fourth-order valence-corrected chi connectivity index (χ4v) is 3.30. The molecular weight excluding hydrogens is 308 g/mol. The fourth-order valence-electron chi connectivity index (χ4n) is 1.76. The van der Waals surface area contributed by atoms with Crippen LogP contribution in [-0.2, 0) is 4.79 Å². The zero-order valence-corrected chi connectivity index (χ0v) is 12.9. The molecule has 2 aromatic heterocycles. The molecule has 1 saturated carbocycles. The lowest BCUT2D eigenvalue weighted by atomic mass is 10.1. The molecule has 0 N–H and O–H groups in total. The van der Waals surface area contributed by atoms with E-state index in [9.17, 15) is 10.1 Å². The Kier molecular flexibility index (Phi) is 4.03. The molecule has 1 atom stereocenters. The number of carbonyl (C=O) groups is 1. The van der Waals surface area contributed by atoms with Gasteiger partial charge in [-0.25, -0.2) is 4.98 Å². The van der Waals surface area contributed by atoms with Gasteiger partial charge in [-0.05, 0) is 19.8 Å². The van der Waals surface area contributed by atoms with E-state index < -0.39 is 5.92 Å². The third-order valence-electron chi connectivity index (χ3n) is 3.02. The molecule has 3 rings (SSSR count). The Labute approximate surface area is 129 Å². The van der Waals surface area contributed by atoms with Crippen molar-refractivity contribution in [3.05, 3.63) is 22.0 Å². The second kappa shape index (κ2) is 5.95. The lowest BCUT2D eigenvalue weighted by molar-refractivity contribution is -0.116. The van der Waals surface area contributed by atoms with Gasteiger partial charge in [0.05, 0.1) is 11.8 Å². The molecule has 8 heteroatoms. The second-order valence-electron chi connectivity index (χ2n) is 4.82. The van der Waals surface area contributed by atoms with Gasteiger partial charge in [0.2, 0.25) is 5.89 Å². The van der Waals surface area contributed by atoms with E-state index in [2.05, 4.69) is 15.2 Å². The highest BCUT2D eigenvalue weighted by Gasteiger charge is 2.30. The molecule has 1 fully saturated rings. The van der Waals surface area contributed by atoms with Gasteiger partial charge in [0.15, 0.2) is 11.7 Å². The summed E-state index contributed by atoms with van der Waals surface area (Å²) < 4.78 is 5.47. The molecule has 0 saturated heterocycles. The number of nitriles is 1. The monoisotopic (exact) mass is 320 g/mol. The zero-order chi connectivity index (χ0) is 14.8. The summed E-state index contributed by atoms with van der Waals surface area (Å²) in [5, 5.41) is 19.8. The van der Waals surface area contributed by atoms with E-state index in [0.29, 0.717) is 22.0 Å². The summed E-state index contributed by atoms with van der Waals surface area (Å²) >= 11 is 2.51. The number of thiazole rings is 1. The lowest BCUT2D eigenvalue weighted by Gasteiger charge is -2.02. The molecular formula is C13H12N4O2S2. The minimum atomic E-state index is -0.818. The van der Waals surface area contributed by atoms with E-state index in [0.717, 1.165) is 18.5 Å². The number of thioether (sulfide) groups is 1. The Bertz CT molecular complexity index is 699. The second-order valence-corrected chi connectivity index (χ2v) is 6.64. The van der Waals surface area contributed by atoms with Crippen molar-refractivity contribution in [1.82, 2.24) is 15.2 Å². The smallest absolute Gasteiger partial charge is 0.277 e. The van der Waals surface area contributed by atoms with Gasteiger partial charge >= 0.3 is 0 Å². The highest BCUT2D eigenvalue weighted by molar-refractivity contribution is 7.99. The lowest BCUT2D eigenvalue weighted by Crippen LogP contribution is -2.13. The van der Waals surface area contributed by atoms with Crippen LogP contribution < -0.4 is 0 Å².